The topological polar surface area (TPSA) is 58.6 Å². The van der Waals surface area contributed by atoms with Gasteiger partial charge in [0, 0.05) is 0 Å². The molecule has 1 aliphatic heterocycles. The summed E-state index contributed by atoms with van der Waals surface area (Å²) < 4.78 is 5.46. The van der Waals surface area contributed by atoms with Gasteiger partial charge in [0.05, 0.1) is 17.6 Å². The minimum atomic E-state index is -0.466. The van der Waals surface area contributed by atoms with Gasteiger partial charge in [-0.3, -0.25) is 15.0 Å². The van der Waals surface area contributed by atoms with Crippen molar-refractivity contribution in [2.24, 2.45) is 0 Å². The highest BCUT2D eigenvalue weighted by molar-refractivity contribution is 8.26. The molecule has 2 aromatic carbocycles. The van der Waals surface area contributed by atoms with E-state index in [9.17, 15) is 9.59 Å². The average molecular weight is 411 g/mol. The van der Waals surface area contributed by atoms with Crippen LogP contribution in [0.1, 0.15) is 22.8 Å². The molecular weight excluding hydrogens is 392 g/mol. The van der Waals surface area contributed by atoms with E-state index < -0.39 is 5.91 Å². The highest BCUT2D eigenvalue weighted by Gasteiger charge is 2.34. The molecule has 0 aliphatic carbocycles. The summed E-state index contributed by atoms with van der Waals surface area (Å²) >= 11 is 6.42. The highest BCUT2D eigenvalue weighted by atomic mass is 32.2. The second-order valence-corrected chi connectivity index (χ2v) is 7.63. The molecule has 7 heteroatoms. The van der Waals surface area contributed by atoms with Crippen LogP contribution in [-0.4, -0.2) is 28.3 Å². The van der Waals surface area contributed by atoms with E-state index in [-0.39, 0.29) is 10.2 Å². The molecule has 142 valence electrons. The molecule has 0 atom stereocenters. The van der Waals surface area contributed by atoms with Gasteiger partial charge in [-0.05, 0) is 48.5 Å². The largest absolute Gasteiger partial charge is 0.496 e. The van der Waals surface area contributed by atoms with Crippen molar-refractivity contribution in [1.29, 1.82) is 0 Å². The fourth-order valence-corrected chi connectivity index (χ4v) is 3.85. The second-order valence-electron chi connectivity index (χ2n) is 5.96. The highest BCUT2D eigenvalue weighted by Crippen LogP contribution is 2.31. The zero-order valence-corrected chi connectivity index (χ0v) is 17.0. The first-order valence-corrected chi connectivity index (χ1v) is 9.67. The molecule has 3 rings (SSSR count). The lowest BCUT2D eigenvalue weighted by Gasteiger charge is -2.16. The second kappa shape index (κ2) is 8.86. The summed E-state index contributed by atoms with van der Waals surface area (Å²) in [6.45, 7) is 1.91. The van der Waals surface area contributed by atoms with Crippen molar-refractivity contribution in [2.45, 2.75) is 6.92 Å². The van der Waals surface area contributed by atoms with Crippen LogP contribution < -0.4 is 10.2 Å². The SMILES string of the molecule is COc1ccccc1C(=O)NN1C(=O)/C(=C/C(C)=C/c2ccccc2)SC1=S. The maximum Gasteiger partial charge on any atom is 0.285 e. The van der Waals surface area contributed by atoms with Crippen LogP contribution in [0, 0.1) is 0 Å². The summed E-state index contributed by atoms with van der Waals surface area (Å²) in [6, 6.07) is 16.6. The van der Waals surface area contributed by atoms with E-state index in [1.54, 1.807) is 30.3 Å². The van der Waals surface area contributed by atoms with Gasteiger partial charge in [0.2, 0.25) is 0 Å². The Morgan fingerprint density at radius 3 is 2.54 bits per heavy atom. The number of thiocarbonyl (C=S) groups is 1. The molecule has 28 heavy (non-hydrogen) atoms. The van der Waals surface area contributed by atoms with E-state index in [0.717, 1.165) is 27.9 Å². The number of carbonyl (C=O) groups excluding carboxylic acids is 2. The van der Waals surface area contributed by atoms with Crippen molar-refractivity contribution in [1.82, 2.24) is 10.4 Å². The van der Waals surface area contributed by atoms with Gasteiger partial charge in [-0.25, -0.2) is 0 Å². The number of hydrogen-bond acceptors (Lipinski definition) is 5. The molecule has 2 aromatic rings. The number of hydrogen-bond donors (Lipinski definition) is 1. The average Bonchev–Trinajstić information content (AvgIpc) is 2.95. The fraction of sp³-hybridized carbons (Fsp3) is 0.0952. The predicted octanol–water partition coefficient (Wildman–Crippen LogP) is 4.19. The summed E-state index contributed by atoms with van der Waals surface area (Å²) in [5.74, 6) is -0.409. The zero-order chi connectivity index (χ0) is 20.1. The first kappa shape index (κ1) is 19.9. The molecule has 0 radical (unpaired) electrons. The summed E-state index contributed by atoms with van der Waals surface area (Å²) in [6.07, 6.45) is 3.74. The predicted molar refractivity (Wildman–Crippen MR) is 116 cm³/mol. The van der Waals surface area contributed by atoms with Crippen LogP contribution in [0.3, 0.4) is 0 Å². The number of nitrogens with one attached hydrogen (secondary N) is 1. The van der Waals surface area contributed by atoms with Crippen molar-refractivity contribution in [3.63, 3.8) is 0 Å². The Morgan fingerprint density at radius 1 is 1.14 bits per heavy atom. The number of nitrogens with zero attached hydrogens (tertiary/aromatic N) is 1. The third-order valence-corrected chi connectivity index (χ3v) is 5.21. The number of ether oxygens (including phenoxy) is 1. The molecule has 1 saturated heterocycles. The van der Waals surface area contributed by atoms with Gasteiger partial charge in [0.15, 0.2) is 4.32 Å². The monoisotopic (exact) mass is 410 g/mol. The molecule has 0 spiro atoms. The number of thioether (sulfide) groups is 1. The van der Waals surface area contributed by atoms with Gasteiger partial charge < -0.3 is 4.74 Å². The molecule has 1 fully saturated rings. The number of para-hydroxylation sites is 1. The maximum atomic E-state index is 12.7. The van der Waals surface area contributed by atoms with Crippen LogP contribution in [0.15, 0.2) is 71.2 Å². The molecule has 1 N–H and O–H groups in total. The Hall–Kier alpha value is -2.90. The number of amides is 2. The van der Waals surface area contributed by atoms with E-state index in [1.165, 1.54) is 7.11 Å². The van der Waals surface area contributed by atoms with Crippen LogP contribution in [0.4, 0.5) is 0 Å². The van der Waals surface area contributed by atoms with Crippen LogP contribution in [-0.2, 0) is 4.79 Å². The Bertz CT molecular complexity index is 984. The number of methoxy groups -OCH3 is 1. The van der Waals surface area contributed by atoms with E-state index in [4.69, 9.17) is 17.0 Å². The lowest BCUT2D eigenvalue weighted by atomic mass is 10.1. The fourth-order valence-electron chi connectivity index (χ4n) is 2.62. The minimum absolute atomic E-state index is 0.270. The van der Waals surface area contributed by atoms with Gasteiger partial charge in [-0.1, -0.05) is 60.3 Å². The third-order valence-electron chi connectivity index (χ3n) is 3.91. The molecule has 0 unspecified atom stereocenters. The van der Waals surface area contributed by atoms with Crippen molar-refractivity contribution < 1.29 is 14.3 Å². The Kier molecular flexibility index (Phi) is 6.28. The molecule has 2 amide bonds. The maximum absolute atomic E-state index is 12.7. The molecule has 1 heterocycles. The minimum Gasteiger partial charge on any atom is -0.496 e. The molecule has 0 bridgehead atoms. The van der Waals surface area contributed by atoms with E-state index in [1.807, 2.05) is 43.3 Å². The first-order valence-electron chi connectivity index (χ1n) is 8.45. The van der Waals surface area contributed by atoms with Gasteiger partial charge in [-0.2, -0.15) is 5.01 Å². The molecule has 5 nitrogen and oxygen atoms in total. The van der Waals surface area contributed by atoms with Crippen molar-refractivity contribution in [3.8, 4) is 5.75 Å². The summed E-state index contributed by atoms with van der Waals surface area (Å²) in [4.78, 5) is 25.7. The number of benzene rings is 2. The van der Waals surface area contributed by atoms with Crippen molar-refractivity contribution >= 4 is 46.2 Å². The molecular formula is C21H18N2O3S2. The number of hydrazine groups is 1. The van der Waals surface area contributed by atoms with Gasteiger partial charge >= 0.3 is 0 Å². The lowest BCUT2D eigenvalue weighted by molar-refractivity contribution is -0.123. The third kappa shape index (κ3) is 4.49. The number of rotatable bonds is 5. The summed E-state index contributed by atoms with van der Waals surface area (Å²) in [5, 5.41) is 1.09. The van der Waals surface area contributed by atoms with Gasteiger partial charge in [0.1, 0.15) is 5.75 Å². The summed E-state index contributed by atoms with van der Waals surface area (Å²) in [5.41, 5.74) is 4.83. The quantitative estimate of drug-likeness (QED) is 0.592. The van der Waals surface area contributed by atoms with Crippen LogP contribution in [0.2, 0.25) is 0 Å². The zero-order valence-electron chi connectivity index (χ0n) is 15.3. The lowest BCUT2D eigenvalue weighted by Crippen LogP contribution is -2.44. The van der Waals surface area contributed by atoms with E-state index in [2.05, 4.69) is 5.43 Å². The number of carbonyl (C=O) groups is 2. The molecule has 0 saturated carbocycles. The standard InChI is InChI=1S/C21H18N2O3S2/c1-14(12-15-8-4-3-5-9-15)13-18-20(25)23(21(27)28-18)22-19(24)16-10-6-7-11-17(16)26-2/h3-13H,1-2H3,(H,22,24)/b14-12+,18-13-. The van der Waals surface area contributed by atoms with Gasteiger partial charge in [-0.15, -0.1) is 0 Å². The Labute approximate surface area is 173 Å². The van der Waals surface area contributed by atoms with Gasteiger partial charge in [0.25, 0.3) is 11.8 Å². The molecule has 0 aromatic heterocycles. The van der Waals surface area contributed by atoms with E-state index >= 15 is 0 Å². The first-order chi connectivity index (χ1) is 13.5. The molecule has 1 aliphatic rings. The normalized spacial score (nSPS) is 15.9. The van der Waals surface area contributed by atoms with E-state index in [0.29, 0.717) is 16.2 Å². The Balaban J connectivity index is 1.76. The number of allylic oxidation sites excluding steroid dienone is 2. The van der Waals surface area contributed by atoms with Crippen molar-refractivity contribution in [2.75, 3.05) is 7.11 Å². The smallest absolute Gasteiger partial charge is 0.285 e. The van der Waals surface area contributed by atoms with Crippen LogP contribution >= 0.6 is 24.0 Å². The Morgan fingerprint density at radius 2 is 1.82 bits per heavy atom. The van der Waals surface area contributed by atoms with Crippen LogP contribution in [0.5, 0.6) is 5.75 Å². The van der Waals surface area contributed by atoms with Crippen molar-refractivity contribution in [3.05, 3.63) is 82.3 Å². The summed E-state index contributed by atoms with van der Waals surface area (Å²) in [7, 11) is 1.48. The van der Waals surface area contributed by atoms with Crippen LogP contribution in [0.25, 0.3) is 6.08 Å².